The van der Waals surface area contributed by atoms with Crippen LogP contribution in [-0.4, -0.2) is 30.1 Å². The fraction of sp³-hybridized carbons (Fsp3) is 0.417. The van der Waals surface area contributed by atoms with Crippen molar-refractivity contribution in [1.29, 1.82) is 0 Å². The molecule has 2 aromatic rings. The van der Waals surface area contributed by atoms with Gasteiger partial charge in [0.05, 0.1) is 5.56 Å². The second-order valence-electron chi connectivity index (χ2n) is 7.02. The summed E-state index contributed by atoms with van der Waals surface area (Å²) in [5.41, 5.74) is 2.07. The lowest BCUT2D eigenvalue weighted by Crippen LogP contribution is -2.22. The molecule has 0 spiro atoms. The van der Waals surface area contributed by atoms with Crippen LogP contribution in [0.5, 0.6) is 5.75 Å². The number of aromatic hydroxyl groups is 1. The Morgan fingerprint density at radius 1 is 0.897 bits per heavy atom. The number of esters is 2. The van der Waals surface area contributed by atoms with Crippen molar-refractivity contribution >= 4 is 17.6 Å². The Bertz CT molecular complexity index is 827. The number of carbonyl (C=O) groups excluding carboxylic acids is 2. The first kappa shape index (κ1) is 22.5. The van der Waals surface area contributed by atoms with Gasteiger partial charge in [-0.1, -0.05) is 44.4 Å². The SMILES string of the molecule is CCCCCCc1ccccc1C(=O)OC(=O)c1ccc(N(CC)CC)cc1O. The van der Waals surface area contributed by atoms with E-state index in [1.807, 2.05) is 26.0 Å². The molecule has 0 heterocycles. The molecule has 0 aliphatic heterocycles. The number of hydrogen-bond acceptors (Lipinski definition) is 5. The highest BCUT2D eigenvalue weighted by atomic mass is 16.6. The van der Waals surface area contributed by atoms with Crippen LogP contribution in [0.25, 0.3) is 0 Å². The Hall–Kier alpha value is -2.82. The molecular weight excluding hydrogens is 366 g/mol. The number of aryl methyl sites for hydroxylation is 1. The predicted octanol–water partition coefficient (Wildman–Crippen LogP) is 5.36. The van der Waals surface area contributed by atoms with Crippen molar-refractivity contribution in [2.24, 2.45) is 0 Å². The molecular formula is C24H31NO4. The number of carbonyl (C=O) groups is 2. The van der Waals surface area contributed by atoms with E-state index in [-0.39, 0.29) is 11.3 Å². The van der Waals surface area contributed by atoms with E-state index in [9.17, 15) is 14.7 Å². The average molecular weight is 398 g/mol. The number of anilines is 1. The molecule has 0 amide bonds. The third-order valence-electron chi connectivity index (χ3n) is 5.05. The maximum Gasteiger partial charge on any atom is 0.349 e. The number of nitrogens with zero attached hydrogens (tertiary/aromatic N) is 1. The van der Waals surface area contributed by atoms with E-state index >= 15 is 0 Å². The summed E-state index contributed by atoms with van der Waals surface area (Å²) in [4.78, 5) is 27.1. The van der Waals surface area contributed by atoms with Crippen molar-refractivity contribution in [2.75, 3.05) is 18.0 Å². The highest BCUT2D eigenvalue weighted by Gasteiger charge is 2.20. The van der Waals surface area contributed by atoms with Gasteiger partial charge < -0.3 is 14.7 Å². The number of hydrogen-bond donors (Lipinski definition) is 1. The standard InChI is InChI=1S/C24H31NO4/c1-4-7-8-9-12-18-13-10-11-14-20(18)23(27)29-24(28)21-16-15-19(17-22(21)26)25(5-2)6-3/h10-11,13-17,26H,4-9,12H2,1-3H3. The summed E-state index contributed by atoms with van der Waals surface area (Å²) in [6.07, 6.45) is 5.16. The highest BCUT2D eigenvalue weighted by molar-refractivity contribution is 6.04. The summed E-state index contributed by atoms with van der Waals surface area (Å²) in [6.45, 7) is 7.75. The second kappa shape index (κ2) is 11.2. The molecule has 0 fully saturated rings. The second-order valence-corrected chi connectivity index (χ2v) is 7.02. The fourth-order valence-corrected chi connectivity index (χ4v) is 3.35. The highest BCUT2D eigenvalue weighted by Crippen LogP contribution is 2.26. The van der Waals surface area contributed by atoms with Gasteiger partial charge in [0.1, 0.15) is 11.3 Å². The number of unbranched alkanes of at least 4 members (excludes halogenated alkanes) is 3. The van der Waals surface area contributed by atoms with E-state index in [0.717, 1.165) is 56.4 Å². The van der Waals surface area contributed by atoms with Gasteiger partial charge in [-0.15, -0.1) is 0 Å². The summed E-state index contributed by atoms with van der Waals surface area (Å²) in [5, 5.41) is 10.3. The van der Waals surface area contributed by atoms with Crippen molar-refractivity contribution in [1.82, 2.24) is 0 Å². The quantitative estimate of drug-likeness (QED) is 0.332. The van der Waals surface area contributed by atoms with Gasteiger partial charge in [0.15, 0.2) is 0 Å². The van der Waals surface area contributed by atoms with E-state index in [0.29, 0.717) is 5.56 Å². The van der Waals surface area contributed by atoms with Crippen LogP contribution in [0.15, 0.2) is 42.5 Å². The van der Waals surface area contributed by atoms with Gasteiger partial charge in [-0.05, 0) is 50.5 Å². The topological polar surface area (TPSA) is 66.8 Å². The van der Waals surface area contributed by atoms with Crippen LogP contribution in [0, 0.1) is 0 Å². The third-order valence-corrected chi connectivity index (χ3v) is 5.05. The molecule has 0 atom stereocenters. The van der Waals surface area contributed by atoms with E-state index < -0.39 is 11.9 Å². The van der Waals surface area contributed by atoms with Crippen molar-refractivity contribution in [2.45, 2.75) is 52.9 Å². The maximum absolute atomic E-state index is 12.6. The van der Waals surface area contributed by atoms with Gasteiger partial charge in [0, 0.05) is 24.8 Å². The zero-order chi connectivity index (χ0) is 21.2. The Kier molecular flexibility index (Phi) is 8.71. The molecule has 2 aromatic carbocycles. The molecule has 2 rings (SSSR count). The van der Waals surface area contributed by atoms with Crippen LogP contribution in [0.3, 0.4) is 0 Å². The molecule has 29 heavy (non-hydrogen) atoms. The summed E-state index contributed by atoms with van der Waals surface area (Å²) in [6, 6.07) is 12.0. The van der Waals surface area contributed by atoms with Crippen LogP contribution in [0.2, 0.25) is 0 Å². The first-order valence-corrected chi connectivity index (χ1v) is 10.4. The van der Waals surface area contributed by atoms with Crippen LogP contribution >= 0.6 is 0 Å². The van der Waals surface area contributed by atoms with E-state index in [4.69, 9.17) is 4.74 Å². The van der Waals surface area contributed by atoms with Crippen molar-refractivity contribution in [3.05, 3.63) is 59.2 Å². The first-order chi connectivity index (χ1) is 14.0. The molecule has 0 bridgehead atoms. The van der Waals surface area contributed by atoms with Crippen molar-refractivity contribution < 1.29 is 19.4 Å². The number of ether oxygens (including phenoxy) is 1. The van der Waals surface area contributed by atoms with E-state index in [1.54, 1.807) is 18.2 Å². The molecule has 0 saturated carbocycles. The first-order valence-electron chi connectivity index (χ1n) is 10.4. The molecule has 5 nitrogen and oxygen atoms in total. The molecule has 1 N–H and O–H groups in total. The van der Waals surface area contributed by atoms with E-state index in [1.165, 1.54) is 12.1 Å². The molecule has 5 heteroatoms. The minimum absolute atomic E-state index is 0.0188. The maximum atomic E-state index is 12.6. The third kappa shape index (κ3) is 6.08. The fourth-order valence-electron chi connectivity index (χ4n) is 3.35. The normalized spacial score (nSPS) is 10.6. The largest absolute Gasteiger partial charge is 0.507 e. The number of rotatable bonds is 10. The molecule has 0 unspecified atom stereocenters. The lowest BCUT2D eigenvalue weighted by Gasteiger charge is -2.21. The summed E-state index contributed by atoms with van der Waals surface area (Å²) in [5.74, 6) is -1.73. The van der Waals surface area contributed by atoms with Crippen molar-refractivity contribution in [3.8, 4) is 5.75 Å². The Labute approximate surface area is 173 Å². The Balaban J connectivity index is 2.10. The molecule has 0 radical (unpaired) electrons. The Morgan fingerprint density at radius 3 is 2.24 bits per heavy atom. The van der Waals surface area contributed by atoms with Gasteiger partial charge in [0.2, 0.25) is 0 Å². The zero-order valence-electron chi connectivity index (χ0n) is 17.6. The van der Waals surface area contributed by atoms with Crippen LogP contribution in [0.1, 0.15) is 72.7 Å². The van der Waals surface area contributed by atoms with Gasteiger partial charge in [-0.3, -0.25) is 0 Å². The van der Waals surface area contributed by atoms with Gasteiger partial charge in [-0.2, -0.15) is 0 Å². The lowest BCUT2D eigenvalue weighted by molar-refractivity contribution is 0.0395. The van der Waals surface area contributed by atoms with Gasteiger partial charge in [0.25, 0.3) is 0 Å². The lowest BCUT2D eigenvalue weighted by atomic mass is 10.0. The van der Waals surface area contributed by atoms with Crippen LogP contribution < -0.4 is 4.90 Å². The van der Waals surface area contributed by atoms with Crippen molar-refractivity contribution in [3.63, 3.8) is 0 Å². The predicted molar refractivity (Wildman–Crippen MR) is 116 cm³/mol. The minimum Gasteiger partial charge on any atom is -0.507 e. The number of phenols is 1. The summed E-state index contributed by atoms with van der Waals surface area (Å²) < 4.78 is 5.07. The molecule has 0 aromatic heterocycles. The summed E-state index contributed by atoms with van der Waals surface area (Å²) in [7, 11) is 0. The minimum atomic E-state index is -0.848. The molecule has 0 saturated heterocycles. The van der Waals surface area contributed by atoms with Gasteiger partial charge in [-0.25, -0.2) is 9.59 Å². The van der Waals surface area contributed by atoms with Crippen LogP contribution in [0.4, 0.5) is 5.69 Å². The number of phenolic OH excluding ortho intramolecular Hbond substituents is 1. The molecule has 0 aliphatic rings. The van der Waals surface area contributed by atoms with E-state index in [2.05, 4.69) is 11.8 Å². The monoisotopic (exact) mass is 397 g/mol. The molecule has 0 aliphatic carbocycles. The number of benzene rings is 2. The zero-order valence-corrected chi connectivity index (χ0v) is 17.6. The smallest absolute Gasteiger partial charge is 0.349 e. The average Bonchev–Trinajstić information content (AvgIpc) is 2.72. The summed E-state index contributed by atoms with van der Waals surface area (Å²) >= 11 is 0. The van der Waals surface area contributed by atoms with Crippen LogP contribution in [-0.2, 0) is 11.2 Å². The molecule has 156 valence electrons. The van der Waals surface area contributed by atoms with Gasteiger partial charge >= 0.3 is 11.9 Å². The Morgan fingerprint density at radius 2 is 1.59 bits per heavy atom.